The minimum Gasteiger partial charge on any atom is -0.463 e. The molecule has 0 unspecified atom stereocenters. The first-order valence-electron chi connectivity index (χ1n) is 5.28. The van der Waals surface area contributed by atoms with E-state index < -0.39 is 0 Å². The van der Waals surface area contributed by atoms with Crippen molar-refractivity contribution in [1.29, 1.82) is 0 Å². The largest absolute Gasteiger partial charge is 0.463 e. The Morgan fingerprint density at radius 1 is 1.43 bits per heavy atom. The van der Waals surface area contributed by atoms with Gasteiger partial charge in [0.15, 0.2) is 0 Å². The molecule has 1 saturated carbocycles. The average molecular weight is 198 g/mol. The Labute approximate surface area is 85.1 Å². The van der Waals surface area contributed by atoms with Crippen LogP contribution < -0.4 is 0 Å². The van der Waals surface area contributed by atoms with Crippen molar-refractivity contribution in [2.75, 3.05) is 13.2 Å². The van der Waals surface area contributed by atoms with Crippen molar-refractivity contribution in [2.45, 2.75) is 38.7 Å². The van der Waals surface area contributed by atoms with E-state index in [0.717, 1.165) is 12.8 Å². The van der Waals surface area contributed by atoms with Crippen LogP contribution in [0.1, 0.15) is 32.6 Å². The van der Waals surface area contributed by atoms with Gasteiger partial charge in [-0.3, -0.25) is 0 Å². The molecule has 0 bridgehead atoms. The van der Waals surface area contributed by atoms with Gasteiger partial charge in [-0.1, -0.05) is 18.9 Å². The summed E-state index contributed by atoms with van der Waals surface area (Å²) < 4.78 is 10.3. The lowest BCUT2D eigenvalue weighted by molar-refractivity contribution is -0.137. The Morgan fingerprint density at radius 2 is 2.14 bits per heavy atom. The summed E-state index contributed by atoms with van der Waals surface area (Å²) in [5.74, 6) is -0.289. The maximum atomic E-state index is 10.9. The van der Waals surface area contributed by atoms with Gasteiger partial charge < -0.3 is 9.47 Å². The van der Waals surface area contributed by atoms with E-state index >= 15 is 0 Å². The molecule has 0 aromatic carbocycles. The first-order chi connectivity index (χ1) is 6.83. The zero-order valence-corrected chi connectivity index (χ0v) is 8.70. The zero-order chi connectivity index (χ0) is 10.2. The van der Waals surface area contributed by atoms with Crippen molar-refractivity contribution in [3.05, 3.63) is 12.2 Å². The first kappa shape index (κ1) is 11.2. The van der Waals surface area contributed by atoms with Gasteiger partial charge in [-0.15, -0.1) is 0 Å². The maximum Gasteiger partial charge on any atom is 0.330 e. The number of ether oxygens (including phenoxy) is 2. The Kier molecular flexibility index (Phi) is 5.30. The Bertz CT molecular complexity index is 193. The summed E-state index contributed by atoms with van der Waals surface area (Å²) in [6.45, 7) is 2.73. The van der Waals surface area contributed by atoms with Gasteiger partial charge in [-0.05, 0) is 19.8 Å². The third-order valence-corrected chi connectivity index (χ3v) is 2.27. The molecule has 0 saturated heterocycles. The highest BCUT2D eigenvalue weighted by molar-refractivity contribution is 5.81. The van der Waals surface area contributed by atoms with E-state index in [9.17, 15) is 4.79 Å². The highest BCUT2D eigenvalue weighted by Crippen LogP contribution is 2.20. The smallest absolute Gasteiger partial charge is 0.330 e. The molecule has 1 aliphatic carbocycles. The molecule has 0 radical (unpaired) electrons. The van der Waals surface area contributed by atoms with E-state index in [4.69, 9.17) is 9.47 Å². The van der Waals surface area contributed by atoms with Gasteiger partial charge >= 0.3 is 5.97 Å². The molecule has 0 aromatic rings. The molecule has 0 spiro atoms. The van der Waals surface area contributed by atoms with Crippen LogP contribution in [-0.2, 0) is 14.3 Å². The Hall–Kier alpha value is -0.830. The molecule has 1 fully saturated rings. The molecule has 0 aliphatic heterocycles. The monoisotopic (exact) mass is 198 g/mol. The second kappa shape index (κ2) is 6.60. The Morgan fingerprint density at radius 3 is 2.79 bits per heavy atom. The van der Waals surface area contributed by atoms with Gasteiger partial charge in [0.05, 0.1) is 19.3 Å². The minimum atomic E-state index is -0.289. The van der Waals surface area contributed by atoms with E-state index in [1.807, 2.05) is 0 Å². The van der Waals surface area contributed by atoms with E-state index in [2.05, 4.69) is 0 Å². The molecule has 0 N–H and O–H groups in total. The van der Waals surface area contributed by atoms with Gasteiger partial charge in [0, 0.05) is 6.08 Å². The third kappa shape index (κ3) is 4.42. The number of hydrogen-bond donors (Lipinski definition) is 0. The summed E-state index contributed by atoms with van der Waals surface area (Å²) in [6.07, 6.45) is 8.41. The second-order valence-corrected chi connectivity index (χ2v) is 3.39. The molecule has 3 nitrogen and oxygen atoms in total. The highest BCUT2D eigenvalue weighted by Gasteiger charge is 2.13. The maximum absolute atomic E-state index is 10.9. The summed E-state index contributed by atoms with van der Waals surface area (Å²) in [5.41, 5.74) is 0. The molecule has 80 valence electrons. The van der Waals surface area contributed by atoms with Crippen molar-refractivity contribution in [1.82, 2.24) is 0 Å². The topological polar surface area (TPSA) is 35.5 Å². The fourth-order valence-corrected chi connectivity index (χ4v) is 1.58. The number of hydrogen-bond acceptors (Lipinski definition) is 3. The molecule has 1 rings (SSSR count). The van der Waals surface area contributed by atoms with E-state index in [-0.39, 0.29) is 5.97 Å². The molecule has 14 heavy (non-hydrogen) atoms. The van der Waals surface area contributed by atoms with Crippen LogP contribution >= 0.6 is 0 Å². The fourth-order valence-electron chi connectivity index (χ4n) is 1.58. The van der Waals surface area contributed by atoms with Crippen LogP contribution in [0.2, 0.25) is 0 Å². The number of carbonyl (C=O) groups is 1. The van der Waals surface area contributed by atoms with E-state index in [0.29, 0.717) is 19.3 Å². The third-order valence-electron chi connectivity index (χ3n) is 2.27. The number of rotatable bonds is 5. The normalized spacial score (nSPS) is 17.8. The van der Waals surface area contributed by atoms with Crippen LogP contribution in [0.25, 0.3) is 0 Å². The van der Waals surface area contributed by atoms with Gasteiger partial charge in [0.25, 0.3) is 0 Å². The van der Waals surface area contributed by atoms with Crippen molar-refractivity contribution < 1.29 is 14.3 Å². The molecule has 0 aromatic heterocycles. The summed E-state index contributed by atoms with van der Waals surface area (Å²) in [7, 11) is 0. The molecule has 0 atom stereocenters. The van der Waals surface area contributed by atoms with Crippen molar-refractivity contribution in [3.63, 3.8) is 0 Å². The Balaban J connectivity index is 2.04. The summed E-state index contributed by atoms with van der Waals surface area (Å²) in [4.78, 5) is 10.9. The predicted molar refractivity (Wildman–Crippen MR) is 54.0 cm³/mol. The number of carbonyl (C=O) groups excluding carboxylic acids is 1. The van der Waals surface area contributed by atoms with Crippen molar-refractivity contribution in [3.8, 4) is 0 Å². The fraction of sp³-hybridized carbons (Fsp3) is 0.727. The highest BCUT2D eigenvalue weighted by atomic mass is 16.5. The van der Waals surface area contributed by atoms with Crippen LogP contribution in [0, 0.1) is 0 Å². The van der Waals surface area contributed by atoms with Crippen molar-refractivity contribution >= 4 is 5.97 Å². The average Bonchev–Trinajstić information content (AvgIpc) is 2.65. The standard InChI is InChI=1S/C11H18O3/c1-2-13-11(12)8-5-9-14-10-6-3-4-7-10/h5,8,10H,2-4,6-7,9H2,1H3/b8-5+. The lowest BCUT2D eigenvalue weighted by Gasteiger charge is -2.07. The van der Waals surface area contributed by atoms with Crippen molar-refractivity contribution in [2.24, 2.45) is 0 Å². The molecule has 0 amide bonds. The lowest BCUT2D eigenvalue weighted by atomic mass is 10.3. The quantitative estimate of drug-likeness (QED) is 0.501. The molecular weight excluding hydrogens is 180 g/mol. The van der Waals surface area contributed by atoms with E-state index in [1.165, 1.54) is 18.9 Å². The van der Waals surface area contributed by atoms with Gasteiger partial charge in [-0.2, -0.15) is 0 Å². The van der Waals surface area contributed by atoms with E-state index in [1.54, 1.807) is 13.0 Å². The van der Waals surface area contributed by atoms with Gasteiger partial charge in [0.1, 0.15) is 0 Å². The van der Waals surface area contributed by atoms with Crippen LogP contribution in [-0.4, -0.2) is 25.3 Å². The van der Waals surface area contributed by atoms with Crippen LogP contribution in [0.3, 0.4) is 0 Å². The molecular formula is C11H18O3. The zero-order valence-electron chi connectivity index (χ0n) is 8.70. The summed E-state index contributed by atoms with van der Waals surface area (Å²) in [5, 5.41) is 0. The SMILES string of the molecule is CCOC(=O)/C=C/COC1CCCC1. The summed E-state index contributed by atoms with van der Waals surface area (Å²) in [6, 6.07) is 0. The molecule has 0 heterocycles. The minimum absolute atomic E-state index is 0.289. The number of esters is 1. The summed E-state index contributed by atoms with van der Waals surface area (Å²) >= 11 is 0. The lowest BCUT2D eigenvalue weighted by Crippen LogP contribution is -2.07. The predicted octanol–water partition coefficient (Wildman–Crippen LogP) is 2.06. The van der Waals surface area contributed by atoms with Crippen LogP contribution in [0.15, 0.2) is 12.2 Å². The van der Waals surface area contributed by atoms with Gasteiger partial charge in [0.2, 0.25) is 0 Å². The molecule has 1 aliphatic rings. The van der Waals surface area contributed by atoms with Crippen LogP contribution in [0.5, 0.6) is 0 Å². The second-order valence-electron chi connectivity index (χ2n) is 3.39. The van der Waals surface area contributed by atoms with Gasteiger partial charge in [-0.25, -0.2) is 4.79 Å². The molecule has 3 heteroatoms. The first-order valence-corrected chi connectivity index (χ1v) is 5.28. The van der Waals surface area contributed by atoms with Crippen LogP contribution in [0.4, 0.5) is 0 Å².